The molecular weight excluding hydrogens is 338 g/mol. The van der Waals surface area contributed by atoms with Crippen LogP contribution in [-0.4, -0.2) is 40.4 Å². The van der Waals surface area contributed by atoms with Gasteiger partial charge < -0.3 is 4.74 Å². The number of halogens is 1. The zero-order valence-corrected chi connectivity index (χ0v) is 13.4. The molecular formula is C12H12ClNO5S2. The first-order valence-corrected chi connectivity index (χ1v) is 10.2. The molecule has 2 aromatic rings. The van der Waals surface area contributed by atoms with Gasteiger partial charge in [0.2, 0.25) is 0 Å². The quantitative estimate of drug-likeness (QED) is 0.761. The topological polar surface area (TPSA) is 90.4 Å². The molecule has 2 rings (SSSR count). The van der Waals surface area contributed by atoms with Crippen molar-refractivity contribution in [3.05, 3.63) is 30.5 Å². The van der Waals surface area contributed by atoms with Crippen LogP contribution in [0.25, 0.3) is 10.9 Å². The number of hydrogen-bond donors (Lipinski definition) is 0. The number of rotatable bonds is 5. The molecule has 21 heavy (non-hydrogen) atoms. The van der Waals surface area contributed by atoms with E-state index in [1.165, 1.54) is 18.3 Å². The molecule has 0 bridgehead atoms. The summed E-state index contributed by atoms with van der Waals surface area (Å²) in [6.45, 7) is -0.0442. The number of fused-ring (bicyclic) bond motifs is 1. The van der Waals surface area contributed by atoms with E-state index in [4.69, 9.17) is 15.4 Å². The Morgan fingerprint density at radius 2 is 1.90 bits per heavy atom. The van der Waals surface area contributed by atoms with Crippen molar-refractivity contribution < 1.29 is 21.6 Å². The summed E-state index contributed by atoms with van der Waals surface area (Å²) in [5, 5.41) is 0.323. The SMILES string of the molecule is CS(=O)(=O)CCOc1ccc(S(=O)(=O)Cl)c2cccnc12. The summed E-state index contributed by atoms with van der Waals surface area (Å²) >= 11 is 0. The van der Waals surface area contributed by atoms with Crippen LogP contribution < -0.4 is 4.74 Å². The van der Waals surface area contributed by atoms with E-state index >= 15 is 0 Å². The molecule has 6 nitrogen and oxygen atoms in total. The van der Waals surface area contributed by atoms with Crippen molar-refractivity contribution in [2.75, 3.05) is 18.6 Å². The van der Waals surface area contributed by atoms with Gasteiger partial charge in [0, 0.05) is 28.5 Å². The predicted octanol–water partition coefficient (Wildman–Crippen LogP) is 1.59. The number of benzene rings is 1. The van der Waals surface area contributed by atoms with E-state index in [0.717, 1.165) is 6.26 Å². The Morgan fingerprint density at radius 1 is 1.19 bits per heavy atom. The van der Waals surface area contributed by atoms with E-state index in [9.17, 15) is 16.8 Å². The van der Waals surface area contributed by atoms with Gasteiger partial charge >= 0.3 is 0 Å². The summed E-state index contributed by atoms with van der Waals surface area (Å²) in [6.07, 6.45) is 2.59. The highest BCUT2D eigenvalue weighted by Crippen LogP contribution is 2.31. The molecule has 0 aliphatic heterocycles. The third-order valence-electron chi connectivity index (χ3n) is 2.67. The van der Waals surface area contributed by atoms with Gasteiger partial charge in [0.05, 0.1) is 10.6 Å². The maximum Gasteiger partial charge on any atom is 0.261 e. The first kappa shape index (κ1) is 16.0. The highest BCUT2D eigenvalue weighted by atomic mass is 35.7. The normalized spacial score (nSPS) is 12.5. The van der Waals surface area contributed by atoms with Gasteiger partial charge in [-0.05, 0) is 24.3 Å². The van der Waals surface area contributed by atoms with Crippen molar-refractivity contribution in [1.29, 1.82) is 0 Å². The largest absolute Gasteiger partial charge is 0.490 e. The molecule has 1 aromatic carbocycles. The molecule has 0 amide bonds. The molecule has 0 aliphatic carbocycles. The molecule has 114 valence electrons. The number of sulfone groups is 1. The van der Waals surface area contributed by atoms with Crippen molar-refractivity contribution in [3.63, 3.8) is 0 Å². The van der Waals surface area contributed by atoms with Crippen molar-refractivity contribution in [2.45, 2.75) is 4.90 Å². The van der Waals surface area contributed by atoms with E-state index < -0.39 is 18.9 Å². The number of hydrogen-bond acceptors (Lipinski definition) is 6. The highest BCUT2D eigenvalue weighted by molar-refractivity contribution is 8.14. The third-order valence-corrected chi connectivity index (χ3v) is 4.96. The number of nitrogens with zero attached hydrogens (tertiary/aromatic N) is 1. The van der Waals surface area contributed by atoms with Crippen molar-refractivity contribution >= 4 is 40.5 Å². The van der Waals surface area contributed by atoms with Crippen LogP contribution >= 0.6 is 10.7 Å². The monoisotopic (exact) mass is 349 g/mol. The third kappa shape index (κ3) is 4.05. The Bertz CT molecular complexity index is 878. The molecule has 0 unspecified atom stereocenters. The van der Waals surface area contributed by atoms with Gasteiger partial charge in [0.15, 0.2) is 9.84 Å². The summed E-state index contributed by atoms with van der Waals surface area (Å²) in [7, 11) is -1.67. The Kier molecular flexibility index (Phi) is 4.40. The lowest BCUT2D eigenvalue weighted by Gasteiger charge is -2.10. The minimum Gasteiger partial charge on any atom is -0.490 e. The van der Waals surface area contributed by atoms with Gasteiger partial charge in [-0.3, -0.25) is 4.98 Å². The van der Waals surface area contributed by atoms with Crippen LogP contribution in [0.3, 0.4) is 0 Å². The second kappa shape index (κ2) is 5.78. The molecule has 0 saturated carbocycles. The van der Waals surface area contributed by atoms with Gasteiger partial charge in [0.25, 0.3) is 9.05 Å². The number of ether oxygens (including phenoxy) is 1. The molecule has 0 spiro atoms. The second-order valence-corrected chi connectivity index (χ2v) is 9.17. The lowest BCUT2D eigenvalue weighted by molar-refractivity contribution is 0.344. The fourth-order valence-electron chi connectivity index (χ4n) is 1.75. The molecule has 0 radical (unpaired) electrons. The smallest absolute Gasteiger partial charge is 0.261 e. The fourth-order valence-corrected chi connectivity index (χ4v) is 3.20. The van der Waals surface area contributed by atoms with Crippen LogP contribution in [0.2, 0.25) is 0 Å². The average molecular weight is 350 g/mol. The van der Waals surface area contributed by atoms with Crippen LogP contribution in [0, 0.1) is 0 Å². The lowest BCUT2D eigenvalue weighted by Crippen LogP contribution is -2.12. The van der Waals surface area contributed by atoms with Gasteiger partial charge in [0.1, 0.15) is 17.9 Å². The van der Waals surface area contributed by atoms with E-state index in [0.29, 0.717) is 16.7 Å². The molecule has 0 fully saturated rings. The minimum absolute atomic E-state index is 0.0442. The Morgan fingerprint density at radius 3 is 2.52 bits per heavy atom. The lowest BCUT2D eigenvalue weighted by atomic mass is 10.2. The standard InChI is InChI=1S/C12H12ClNO5S2/c1-20(15,16)8-7-19-10-4-5-11(21(13,17)18)9-3-2-6-14-12(9)10/h2-6H,7-8H2,1H3. The fraction of sp³-hybridized carbons (Fsp3) is 0.250. The Labute approximate surface area is 127 Å². The maximum atomic E-state index is 11.5. The van der Waals surface area contributed by atoms with Gasteiger partial charge in [-0.25, -0.2) is 16.8 Å². The van der Waals surface area contributed by atoms with Crippen LogP contribution in [-0.2, 0) is 18.9 Å². The van der Waals surface area contributed by atoms with Crippen LogP contribution in [0.4, 0.5) is 0 Å². The molecule has 1 aromatic heterocycles. The summed E-state index contributed by atoms with van der Waals surface area (Å²) < 4.78 is 50.6. The number of aromatic nitrogens is 1. The molecule has 1 heterocycles. The van der Waals surface area contributed by atoms with E-state index in [1.54, 1.807) is 12.1 Å². The van der Waals surface area contributed by atoms with Crippen molar-refractivity contribution in [3.8, 4) is 5.75 Å². The highest BCUT2D eigenvalue weighted by Gasteiger charge is 2.17. The number of pyridine rings is 1. The van der Waals surface area contributed by atoms with Gasteiger partial charge in [-0.1, -0.05) is 0 Å². The zero-order valence-electron chi connectivity index (χ0n) is 11.0. The summed E-state index contributed by atoms with van der Waals surface area (Å²) in [6, 6.07) is 5.85. The van der Waals surface area contributed by atoms with E-state index in [2.05, 4.69) is 4.98 Å². The minimum atomic E-state index is -3.91. The first-order valence-electron chi connectivity index (χ1n) is 5.81. The van der Waals surface area contributed by atoms with E-state index in [1.807, 2.05) is 0 Å². The molecule has 0 aliphatic rings. The van der Waals surface area contributed by atoms with E-state index in [-0.39, 0.29) is 17.3 Å². The first-order chi connectivity index (χ1) is 9.68. The van der Waals surface area contributed by atoms with Crippen molar-refractivity contribution in [1.82, 2.24) is 4.98 Å². The van der Waals surface area contributed by atoms with Gasteiger partial charge in [-0.2, -0.15) is 0 Å². The van der Waals surface area contributed by atoms with Gasteiger partial charge in [-0.15, -0.1) is 0 Å². The molecule has 0 saturated heterocycles. The van der Waals surface area contributed by atoms with Crippen LogP contribution in [0.5, 0.6) is 5.75 Å². The van der Waals surface area contributed by atoms with Crippen molar-refractivity contribution in [2.24, 2.45) is 0 Å². The zero-order chi connectivity index (χ0) is 15.7. The average Bonchev–Trinajstić information content (AvgIpc) is 2.36. The predicted molar refractivity (Wildman–Crippen MR) is 80.0 cm³/mol. The second-order valence-electron chi connectivity index (χ2n) is 4.38. The van der Waals surface area contributed by atoms with Crippen LogP contribution in [0.15, 0.2) is 35.4 Å². The summed E-state index contributed by atoms with van der Waals surface area (Å²) in [5.41, 5.74) is 0.313. The molecule has 0 N–H and O–H groups in total. The van der Waals surface area contributed by atoms with Crippen LogP contribution in [0.1, 0.15) is 0 Å². The molecule has 9 heteroatoms. The Balaban J connectivity index is 2.44. The Hall–Kier alpha value is -1.38. The summed E-state index contributed by atoms with van der Waals surface area (Å²) in [4.78, 5) is 4.01. The molecule has 0 atom stereocenters. The maximum absolute atomic E-state index is 11.5. The summed E-state index contributed by atoms with van der Waals surface area (Å²) in [5.74, 6) is 0.162.